The smallest absolute Gasteiger partial charge is 0.306 e. The number of carbonyl (C=O) groups is 3. The van der Waals surface area contributed by atoms with Gasteiger partial charge in [-0.3, -0.25) is 14.4 Å². The molecule has 3 rings (SSSR count). The Morgan fingerprint density at radius 2 is 1.96 bits per heavy atom. The van der Waals surface area contributed by atoms with Crippen LogP contribution >= 0.6 is 0 Å². The summed E-state index contributed by atoms with van der Waals surface area (Å²) in [6, 6.07) is 9.96. The molecule has 1 aromatic rings. The molecular weight excluding hydrogens is 336 g/mol. The van der Waals surface area contributed by atoms with Crippen molar-refractivity contribution in [1.29, 1.82) is 0 Å². The van der Waals surface area contributed by atoms with Gasteiger partial charge in [0.25, 0.3) is 0 Å². The number of hydrogen-bond donors (Lipinski definition) is 1. The third kappa shape index (κ3) is 4.60. The Balaban J connectivity index is 1.52. The lowest BCUT2D eigenvalue weighted by Gasteiger charge is -2.33. The average molecular weight is 360 g/mol. The van der Waals surface area contributed by atoms with Crippen LogP contribution in [0.2, 0.25) is 0 Å². The number of carbonyl (C=O) groups excluding carboxylic acids is 2. The van der Waals surface area contributed by atoms with Crippen LogP contribution in [0.25, 0.3) is 0 Å². The Morgan fingerprint density at radius 3 is 2.69 bits per heavy atom. The van der Waals surface area contributed by atoms with E-state index in [2.05, 4.69) is 0 Å². The molecule has 0 aromatic heterocycles. The maximum Gasteiger partial charge on any atom is 0.306 e. The molecule has 0 unspecified atom stereocenters. The first-order valence-electron chi connectivity index (χ1n) is 8.97. The van der Waals surface area contributed by atoms with Gasteiger partial charge in [0.15, 0.2) is 0 Å². The average Bonchev–Trinajstić information content (AvgIpc) is 3.00. The molecule has 1 N–H and O–H groups in total. The van der Waals surface area contributed by atoms with E-state index in [0.717, 1.165) is 6.42 Å². The molecule has 7 nitrogen and oxygen atoms in total. The minimum Gasteiger partial charge on any atom is -0.481 e. The predicted octanol–water partition coefficient (Wildman–Crippen LogP) is 0.780. The number of benzene rings is 1. The largest absolute Gasteiger partial charge is 0.481 e. The molecule has 2 saturated heterocycles. The van der Waals surface area contributed by atoms with Gasteiger partial charge in [-0.05, 0) is 12.0 Å². The van der Waals surface area contributed by atoms with Gasteiger partial charge in [-0.2, -0.15) is 0 Å². The highest BCUT2D eigenvalue weighted by Crippen LogP contribution is 2.22. The number of likely N-dealkylation sites (tertiary alicyclic amines) is 1. The minimum absolute atomic E-state index is 0.00891. The lowest BCUT2D eigenvalue weighted by Crippen LogP contribution is -2.48. The van der Waals surface area contributed by atoms with Gasteiger partial charge in [0.2, 0.25) is 11.8 Å². The van der Waals surface area contributed by atoms with E-state index >= 15 is 0 Å². The van der Waals surface area contributed by atoms with Crippen molar-refractivity contribution >= 4 is 17.8 Å². The molecule has 2 fully saturated rings. The van der Waals surface area contributed by atoms with Crippen molar-refractivity contribution in [3.05, 3.63) is 35.9 Å². The zero-order chi connectivity index (χ0) is 18.5. The van der Waals surface area contributed by atoms with E-state index in [1.807, 2.05) is 30.3 Å². The van der Waals surface area contributed by atoms with Gasteiger partial charge in [0.05, 0.1) is 25.0 Å². The van der Waals surface area contributed by atoms with Crippen molar-refractivity contribution in [2.45, 2.75) is 25.4 Å². The Morgan fingerprint density at radius 1 is 1.19 bits per heavy atom. The number of rotatable bonds is 6. The number of carboxylic acids is 1. The van der Waals surface area contributed by atoms with Gasteiger partial charge in [-0.1, -0.05) is 30.3 Å². The van der Waals surface area contributed by atoms with Crippen LogP contribution in [0.1, 0.15) is 18.4 Å². The second-order valence-corrected chi connectivity index (χ2v) is 6.85. The van der Waals surface area contributed by atoms with Crippen LogP contribution in [0, 0.1) is 5.92 Å². The number of ether oxygens (including phenoxy) is 1. The monoisotopic (exact) mass is 360 g/mol. The van der Waals surface area contributed by atoms with Crippen molar-refractivity contribution in [1.82, 2.24) is 9.80 Å². The second kappa shape index (κ2) is 8.31. The summed E-state index contributed by atoms with van der Waals surface area (Å²) in [6.07, 6.45) is 0.410. The summed E-state index contributed by atoms with van der Waals surface area (Å²) in [6.45, 7) is 2.11. The molecule has 2 aliphatic rings. The predicted molar refractivity (Wildman–Crippen MR) is 93.4 cm³/mol. The number of morpholine rings is 1. The van der Waals surface area contributed by atoms with Crippen molar-refractivity contribution in [3.8, 4) is 0 Å². The van der Waals surface area contributed by atoms with Crippen LogP contribution in [0.3, 0.4) is 0 Å². The molecule has 26 heavy (non-hydrogen) atoms. The summed E-state index contributed by atoms with van der Waals surface area (Å²) in [4.78, 5) is 39.2. The molecule has 2 atom stereocenters. The molecule has 2 aliphatic heterocycles. The minimum atomic E-state index is -0.938. The zero-order valence-electron chi connectivity index (χ0n) is 14.7. The van der Waals surface area contributed by atoms with Gasteiger partial charge < -0.3 is 19.6 Å². The van der Waals surface area contributed by atoms with Crippen molar-refractivity contribution in [2.75, 3.05) is 32.8 Å². The van der Waals surface area contributed by atoms with E-state index < -0.39 is 12.1 Å². The van der Waals surface area contributed by atoms with Crippen LogP contribution in [0.4, 0.5) is 0 Å². The van der Waals surface area contributed by atoms with Crippen LogP contribution in [0.5, 0.6) is 0 Å². The summed E-state index contributed by atoms with van der Waals surface area (Å²) in [5.74, 6) is -1.34. The number of hydrogen-bond acceptors (Lipinski definition) is 4. The topological polar surface area (TPSA) is 87.2 Å². The summed E-state index contributed by atoms with van der Waals surface area (Å²) < 4.78 is 5.41. The number of nitrogens with zero attached hydrogens (tertiary/aromatic N) is 2. The fourth-order valence-electron chi connectivity index (χ4n) is 3.56. The SMILES string of the molecule is O=C(O)C[C@H]1CN(C(=O)[C@H]2CC(=O)N(CCc3ccccc3)C2)CCO1. The summed E-state index contributed by atoms with van der Waals surface area (Å²) in [5, 5.41) is 8.89. The molecule has 140 valence electrons. The van der Waals surface area contributed by atoms with E-state index in [-0.39, 0.29) is 37.1 Å². The lowest BCUT2D eigenvalue weighted by atomic mass is 10.1. The fraction of sp³-hybridized carbons (Fsp3) is 0.526. The molecule has 0 bridgehead atoms. The van der Waals surface area contributed by atoms with E-state index in [0.29, 0.717) is 26.2 Å². The highest BCUT2D eigenvalue weighted by atomic mass is 16.5. The Kier molecular flexibility index (Phi) is 5.88. The van der Waals surface area contributed by atoms with Gasteiger partial charge in [0, 0.05) is 32.6 Å². The highest BCUT2D eigenvalue weighted by Gasteiger charge is 2.37. The van der Waals surface area contributed by atoms with Crippen LogP contribution in [-0.2, 0) is 25.5 Å². The standard InChI is InChI=1S/C19H24N2O5/c22-17-10-15(12-20(17)7-6-14-4-2-1-3-5-14)19(25)21-8-9-26-16(13-21)11-18(23)24/h1-5,15-16H,6-13H2,(H,23,24)/t15-,16-/m0/s1. The number of amides is 2. The number of aliphatic carboxylic acids is 1. The highest BCUT2D eigenvalue weighted by molar-refractivity contribution is 5.89. The zero-order valence-corrected chi connectivity index (χ0v) is 14.7. The second-order valence-electron chi connectivity index (χ2n) is 6.85. The van der Waals surface area contributed by atoms with E-state index in [4.69, 9.17) is 9.84 Å². The maximum absolute atomic E-state index is 12.7. The van der Waals surface area contributed by atoms with Crippen molar-refractivity contribution in [2.24, 2.45) is 5.92 Å². The van der Waals surface area contributed by atoms with Gasteiger partial charge >= 0.3 is 5.97 Å². The molecular formula is C19H24N2O5. The van der Waals surface area contributed by atoms with E-state index in [9.17, 15) is 14.4 Å². The lowest BCUT2D eigenvalue weighted by molar-refractivity contribution is -0.149. The van der Waals surface area contributed by atoms with Gasteiger partial charge in [0.1, 0.15) is 0 Å². The molecule has 0 aliphatic carbocycles. The summed E-state index contributed by atoms with van der Waals surface area (Å²) >= 11 is 0. The molecule has 2 heterocycles. The fourth-order valence-corrected chi connectivity index (χ4v) is 3.56. The molecule has 0 radical (unpaired) electrons. The van der Waals surface area contributed by atoms with E-state index in [1.54, 1.807) is 9.80 Å². The molecule has 0 spiro atoms. The molecule has 1 aromatic carbocycles. The third-order valence-electron chi connectivity index (χ3n) is 4.93. The van der Waals surface area contributed by atoms with Crippen molar-refractivity contribution in [3.63, 3.8) is 0 Å². The summed E-state index contributed by atoms with van der Waals surface area (Å²) in [7, 11) is 0. The Labute approximate surface area is 152 Å². The molecule has 7 heteroatoms. The quantitative estimate of drug-likeness (QED) is 0.810. The first kappa shape index (κ1) is 18.4. The maximum atomic E-state index is 12.7. The number of carboxylic acid groups (broad SMARTS) is 1. The normalized spacial score (nSPS) is 23.3. The first-order valence-corrected chi connectivity index (χ1v) is 8.97. The molecule has 0 saturated carbocycles. The Hall–Kier alpha value is -2.41. The third-order valence-corrected chi connectivity index (χ3v) is 4.93. The summed E-state index contributed by atoms with van der Waals surface area (Å²) in [5.41, 5.74) is 1.17. The molecule has 2 amide bonds. The van der Waals surface area contributed by atoms with Crippen LogP contribution in [-0.4, -0.2) is 71.6 Å². The van der Waals surface area contributed by atoms with Gasteiger partial charge in [-0.15, -0.1) is 0 Å². The van der Waals surface area contributed by atoms with Gasteiger partial charge in [-0.25, -0.2) is 0 Å². The first-order chi connectivity index (χ1) is 12.5. The van der Waals surface area contributed by atoms with Crippen molar-refractivity contribution < 1.29 is 24.2 Å². The Bertz CT molecular complexity index is 663. The van der Waals surface area contributed by atoms with Crippen LogP contribution < -0.4 is 0 Å². The van der Waals surface area contributed by atoms with Crippen LogP contribution in [0.15, 0.2) is 30.3 Å². The van der Waals surface area contributed by atoms with E-state index in [1.165, 1.54) is 5.56 Å².